The molecular weight excluding hydrogens is 647 g/mol. The molecule has 0 radical (unpaired) electrons. The van der Waals surface area contributed by atoms with Crippen LogP contribution in [0.4, 0.5) is 22.2 Å². The lowest BCUT2D eigenvalue weighted by Gasteiger charge is -2.53. The number of nitrogens with one attached hydrogen (secondary N) is 2. The molecule has 8 rings (SSSR count). The monoisotopic (exact) mass is 683 g/mol. The van der Waals surface area contributed by atoms with Gasteiger partial charge in [-0.15, -0.1) is 11.3 Å². The SMILES string of the molecule is Cc1cnc(N2CC3(CCOCC3)C2)c(C(=O)Nc2ccc(C(=O)N3CCc4cc(NC(=O)c5ccccc5)sc4-c4ccccc43)cc2)c1. The molecule has 0 bridgehead atoms. The normalized spacial score (nSPS) is 16.1. The number of amides is 3. The molecule has 0 aliphatic carbocycles. The van der Waals surface area contributed by atoms with Crippen molar-refractivity contribution in [3.05, 3.63) is 125 Å². The maximum Gasteiger partial charge on any atom is 0.259 e. The number of carbonyl (C=O) groups is 3. The molecule has 252 valence electrons. The van der Waals surface area contributed by atoms with Crippen LogP contribution in [0.2, 0.25) is 0 Å². The topological polar surface area (TPSA) is 104 Å². The number of pyridine rings is 1. The summed E-state index contributed by atoms with van der Waals surface area (Å²) in [7, 11) is 0. The summed E-state index contributed by atoms with van der Waals surface area (Å²) in [5.74, 6) is 0.210. The quantitative estimate of drug-likeness (QED) is 0.193. The number of aryl methyl sites for hydroxylation is 1. The Hall–Kier alpha value is -5.32. The molecule has 0 unspecified atom stereocenters. The molecule has 5 heterocycles. The molecule has 2 N–H and O–H groups in total. The van der Waals surface area contributed by atoms with E-state index in [1.807, 2.05) is 72.6 Å². The lowest BCUT2D eigenvalue weighted by atomic mass is 9.73. The van der Waals surface area contributed by atoms with E-state index in [1.165, 1.54) is 11.3 Å². The number of aromatic nitrogens is 1. The van der Waals surface area contributed by atoms with E-state index in [1.54, 1.807) is 36.4 Å². The summed E-state index contributed by atoms with van der Waals surface area (Å²) < 4.78 is 5.57. The van der Waals surface area contributed by atoms with Crippen molar-refractivity contribution < 1.29 is 19.1 Å². The standard InChI is InChI=1S/C40H37N5O4S/c1-26-21-32(36(41-23-26)44-24-40(25-44)16-19-49-20-17-40)38(47)42-30-13-11-28(12-14-30)39(48)45-18-15-29-22-34(43-37(46)27-7-3-2-4-8-27)50-35(29)31-9-5-6-10-33(31)45/h2-14,21-23H,15-20,24-25H2,1H3,(H,42,47)(H,43,46). The minimum absolute atomic E-state index is 0.118. The molecule has 5 aromatic rings. The number of hydrogen-bond donors (Lipinski definition) is 2. The van der Waals surface area contributed by atoms with Gasteiger partial charge in [0.25, 0.3) is 17.7 Å². The van der Waals surface area contributed by atoms with Gasteiger partial charge in [-0.2, -0.15) is 0 Å². The summed E-state index contributed by atoms with van der Waals surface area (Å²) in [6.45, 7) is 5.76. The van der Waals surface area contributed by atoms with Crippen LogP contribution in [-0.4, -0.2) is 55.6 Å². The Morgan fingerprint density at radius 1 is 0.840 bits per heavy atom. The van der Waals surface area contributed by atoms with Crippen LogP contribution in [0.5, 0.6) is 0 Å². The Morgan fingerprint density at radius 2 is 1.58 bits per heavy atom. The highest BCUT2D eigenvalue weighted by molar-refractivity contribution is 7.19. The molecular formula is C40H37N5O4S. The average Bonchev–Trinajstić information content (AvgIpc) is 3.47. The van der Waals surface area contributed by atoms with Gasteiger partial charge in [0.2, 0.25) is 0 Å². The molecule has 2 fully saturated rings. The highest BCUT2D eigenvalue weighted by Crippen LogP contribution is 2.44. The van der Waals surface area contributed by atoms with E-state index >= 15 is 0 Å². The van der Waals surface area contributed by atoms with Crippen LogP contribution in [0, 0.1) is 12.3 Å². The van der Waals surface area contributed by atoms with Crippen molar-refractivity contribution in [2.24, 2.45) is 5.41 Å². The molecule has 3 aromatic carbocycles. The Kier molecular flexibility index (Phi) is 8.42. The maximum atomic E-state index is 14.0. The second kappa shape index (κ2) is 13.2. The third-order valence-corrected chi connectivity index (χ3v) is 11.0. The molecule has 0 saturated carbocycles. The number of benzene rings is 3. The summed E-state index contributed by atoms with van der Waals surface area (Å²) in [5, 5.41) is 6.85. The first-order valence-corrected chi connectivity index (χ1v) is 17.8. The van der Waals surface area contributed by atoms with Crippen molar-refractivity contribution in [3.63, 3.8) is 0 Å². The smallest absolute Gasteiger partial charge is 0.259 e. The molecule has 10 heteroatoms. The van der Waals surface area contributed by atoms with Gasteiger partial charge in [-0.3, -0.25) is 14.4 Å². The molecule has 3 aliphatic rings. The molecule has 3 aliphatic heterocycles. The third kappa shape index (κ3) is 6.16. The molecule has 3 amide bonds. The molecule has 1 spiro atoms. The summed E-state index contributed by atoms with van der Waals surface area (Å²) in [4.78, 5) is 50.1. The third-order valence-electron chi connectivity index (χ3n) is 9.91. The van der Waals surface area contributed by atoms with E-state index in [4.69, 9.17) is 4.74 Å². The second-order valence-corrected chi connectivity index (χ2v) is 14.4. The second-order valence-electron chi connectivity index (χ2n) is 13.4. The van der Waals surface area contributed by atoms with Crippen molar-refractivity contribution >= 4 is 51.3 Å². The number of carbonyl (C=O) groups excluding carboxylic acids is 3. The number of fused-ring (bicyclic) bond motifs is 3. The van der Waals surface area contributed by atoms with E-state index in [-0.39, 0.29) is 23.1 Å². The number of ether oxygens (including phenoxy) is 1. The maximum absolute atomic E-state index is 14.0. The number of hydrogen-bond acceptors (Lipinski definition) is 7. The minimum atomic E-state index is -0.227. The van der Waals surface area contributed by atoms with Gasteiger partial charge in [0.15, 0.2) is 0 Å². The van der Waals surface area contributed by atoms with Gasteiger partial charge >= 0.3 is 0 Å². The fourth-order valence-corrected chi connectivity index (χ4v) is 8.35. The zero-order valence-corrected chi connectivity index (χ0v) is 28.6. The first kappa shape index (κ1) is 31.9. The van der Waals surface area contributed by atoms with Gasteiger partial charge in [-0.25, -0.2) is 4.98 Å². The van der Waals surface area contributed by atoms with E-state index in [0.717, 1.165) is 71.4 Å². The van der Waals surface area contributed by atoms with E-state index < -0.39 is 0 Å². The van der Waals surface area contributed by atoms with E-state index in [2.05, 4.69) is 20.5 Å². The Morgan fingerprint density at radius 3 is 2.36 bits per heavy atom. The fourth-order valence-electron chi connectivity index (χ4n) is 7.21. The van der Waals surface area contributed by atoms with Gasteiger partial charge in [0, 0.05) is 71.7 Å². The molecule has 9 nitrogen and oxygen atoms in total. The van der Waals surface area contributed by atoms with Crippen molar-refractivity contribution in [3.8, 4) is 10.4 Å². The number of para-hydroxylation sites is 1. The molecule has 0 atom stereocenters. The van der Waals surface area contributed by atoms with Crippen LogP contribution >= 0.6 is 11.3 Å². The van der Waals surface area contributed by atoms with Crippen LogP contribution in [0.1, 0.15) is 55.0 Å². The van der Waals surface area contributed by atoms with Gasteiger partial charge < -0.3 is 25.2 Å². The van der Waals surface area contributed by atoms with Crippen molar-refractivity contribution in [2.45, 2.75) is 26.2 Å². The lowest BCUT2D eigenvalue weighted by molar-refractivity contribution is -0.000511. The number of thiophene rings is 1. The Bertz CT molecular complexity index is 2080. The number of anilines is 4. The predicted octanol–water partition coefficient (Wildman–Crippen LogP) is 7.44. The summed E-state index contributed by atoms with van der Waals surface area (Å²) in [5.41, 5.74) is 6.32. The van der Waals surface area contributed by atoms with Crippen LogP contribution in [0.15, 0.2) is 97.2 Å². The van der Waals surface area contributed by atoms with Crippen LogP contribution in [-0.2, 0) is 11.2 Å². The summed E-state index contributed by atoms with van der Waals surface area (Å²) >= 11 is 1.52. The highest BCUT2D eigenvalue weighted by Gasteiger charge is 2.45. The summed E-state index contributed by atoms with van der Waals surface area (Å²) in [6, 6.07) is 28.0. The summed E-state index contributed by atoms with van der Waals surface area (Å²) in [6.07, 6.45) is 4.52. The number of rotatable bonds is 6. The van der Waals surface area contributed by atoms with Gasteiger partial charge in [-0.05, 0) is 91.9 Å². The van der Waals surface area contributed by atoms with Gasteiger partial charge in [0.1, 0.15) is 5.82 Å². The van der Waals surface area contributed by atoms with Crippen LogP contribution < -0.4 is 20.4 Å². The van der Waals surface area contributed by atoms with Crippen LogP contribution in [0.3, 0.4) is 0 Å². The fraction of sp³-hybridized carbons (Fsp3) is 0.250. The Balaban J connectivity index is 0.970. The van der Waals surface area contributed by atoms with Gasteiger partial charge in [0.05, 0.1) is 16.3 Å². The highest BCUT2D eigenvalue weighted by atomic mass is 32.1. The van der Waals surface area contributed by atoms with Gasteiger partial charge in [-0.1, -0.05) is 36.4 Å². The predicted molar refractivity (Wildman–Crippen MR) is 198 cm³/mol. The molecule has 2 saturated heterocycles. The van der Waals surface area contributed by atoms with E-state index in [9.17, 15) is 14.4 Å². The van der Waals surface area contributed by atoms with Crippen LogP contribution in [0.25, 0.3) is 10.4 Å². The lowest BCUT2D eigenvalue weighted by Crippen LogP contribution is -2.59. The zero-order valence-electron chi connectivity index (χ0n) is 27.8. The molecule has 50 heavy (non-hydrogen) atoms. The first-order chi connectivity index (χ1) is 24.4. The minimum Gasteiger partial charge on any atom is -0.381 e. The van der Waals surface area contributed by atoms with Crippen molar-refractivity contribution in [1.82, 2.24) is 4.98 Å². The first-order valence-electron chi connectivity index (χ1n) is 17.0. The Labute approximate surface area is 294 Å². The van der Waals surface area contributed by atoms with E-state index in [0.29, 0.717) is 41.2 Å². The number of nitrogens with zero attached hydrogens (tertiary/aromatic N) is 3. The zero-order chi connectivity index (χ0) is 34.2. The molecule has 2 aromatic heterocycles. The van der Waals surface area contributed by atoms with Crippen molar-refractivity contribution in [1.29, 1.82) is 0 Å². The van der Waals surface area contributed by atoms with Crippen molar-refractivity contribution in [2.75, 3.05) is 53.3 Å². The largest absolute Gasteiger partial charge is 0.381 e. The average molecular weight is 684 g/mol.